The Morgan fingerprint density at radius 3 is 2.69 bits per heavy atom. The lowest BCUT2D eigenvalue weighted by Crippen LogP contribution is -2.09. The normalized spacial score (nSPS) is 10.6. The Hall–Kier alpha value is -1.59. The van der Waals surface area contributed by atoms with Gasteiger partial charge in [-0.3, -0.25) is 4.79 Å². The van der Waals surface area contributed by atoms with Crippen LogP contribution in [-0.4, -0.2) is 18.1 Å². The van der Waals surface area contributed by atoms with E-state index in [4.69, 9.17) is 0 Å². The number of esters is 1. The molecule has 6 heteroatoms. The molecule has 0 aliphatic heterocycles. The maximum absolute atomic E-state index is 12.9. The number of ether oxygens (including phenoxy) is 1. The van der Waals surface area contributed by atoms with Gasteiger partial charge in [-0.15, -0.1) is 0 Å². The number of nitrogens with zero attached hydrogens (tertiary/aromatic N) is 1. The van der Waals surface area contributed by atoms with E-state index in [1.165, 1.54) is 14.0 Å². The average Bonchev–Trinajstić information content (AvgIpc) is 2.22. The average molecular weight is 233 g/mol. The van der Waals surface area contributed by atoms with E-state index in [2.05, 4.69) is 9.72 Å². The molecule has 0 saturated heterocycles. The van der Waals surface area contributed by atoms with Crippen molar-refractivity contribution in [3.8, 4) is 0 Å². The van der Waals surface area contributed by atoms with Crippen LogP contribution in [0.15, 0.2) is 6.07 Å². The van der Waals surface area contributed by atoms with Gasteiger partial charge in [0.1, 0.15) is 5.69 Å². The van der Waals surface area contributed by atoms with Crippen LogP contribution in [0.2, 0.25) is 0 Å². The van der Waals surface area contributed by atoms with Gasteiger partial charge in [-0.05, 0) is 24.1 Å². The summed E-state index contributed by atoms with van der Waals surface area (Å²) in [5.74, 6) is -1.64. The second-order valence-electron chi connectivity index (χ2n) is 3.17. The van der Waals surface area contributed by atoms with E-state index in [-0.39, 0.29) is 17.5 Å². The predicted octanol–water partition coefficient (Wildman–Crippen LogP) is 2.18. The van der Waals surface area contributed by atoms with Gasteiger partial charge >= 0.3 is 5.97 Å². The third kappa shape index (κ3) is 2.71. The Morgan fingerprint density at radius 2 is 2.19 bits per heavy atom. The third-order valence-corrected chi connectivity index (χ3v) is 2.16. The molecule has 0 fully saturated rings. The molecule has 3 nitrogen and oxygen atoms in total. The Labute approximate surface area is 90.2 Å². The van der Waals surface area contributed by atoms with Crippen LogP contribution in [0, 0.1) is 12.9 Å². The van der Waals surface area contributed by atoms with Crippen LogP contribution in [0.25, 0.3) is 0 Å². The number of methoxy groups -OCH3 is 1. The van der Waals surface area contributed by atoms with E-state index in [0.29, 0.717) is 0 Å². The lowest BCUT2D eigenvalue weighted by atomic mass is 10.1. The van der Waals surface area contributed by atoms with Crippen molar-refractivity contribution in [1.82, 2.24) is 4.98 Å². The minimum absolute atomic E-state index is 0.113. The number of hydrogen-bond acceptors (Lipinski definition) is 3. The van der Waals surface area contributed by atoms with Gasteiger partial charge < -0.3 is 4.74 Å². The smallest absolute Gasteiger partial charge is 0.309 e. The molecule has 0 bridgehead atoms. The van der Waals surface area contributed by atoms with Crippen molar-refractivity contribution in [1.29, 1.82) is 0 Å². The predicted molar refractivity (Wildman–Crippen MR) is 49.6 cm³/mol. The maximum Gasteiger partial charge on any atom is 0.309 e. The molecule has 16 heavy (non-hydrogen) atoms. The molecule has 1 aromatic heterocycles. The van der Waals surface area contributed by atoms with E-state index in [0.717, 1.165) is 6.07 Å². The first-order valence-corrected chi connectivity index (χ1v) is 4.46. The topological polar surface area (TPSA) is 39.2 Å². The molecule has 0 N–H and O–H groups in total. The summed E-state index contributed by atoms with van der Waals surface area (Å²) < 4.78 is 42.2. The Morgan fingerprint density at radius 1 is 1.56 bits per heavy atom. The molecular weight excluding hydrogens is 223 g/mol. The van der Waals surface area contributed by atoms with Crippen molar-refractivity contribution in [3.63, 3.8) is 0 Å². The molecule has 0 unspecified atom stereocenters. The van der Waals surface area contributed by atoms with Crippen molar-refractivity contribution in [3.05, 3.63) is 28.8 Å². The number of alkyl halides is 2. The summed E-state index contributed by atoms with van der Waals surface area (Å²) in [4.78, 5) is 14.1. The van der Waals surface area contributed by atoms with Gasteiger partial charge in [0.05, 0.1) is 13.5 Å². The molecule has 0 spiro atoms. The van der Waals surface area contributed by atoms with Crippen LogP contribution in [0.4, 0.5) is 13.2 Å². The van der Waals surface area contributed by atoms with Crippen molar-refractivity contribution >= 4 is 5.97 Å². The highest BCUT2D eigenvalue weighted by atomic mass is 19.3. The van der Waals surface area contributed by atoms with E-state index in [9.17, 15) is 18.0 Å². The van der Waals surface area contributed by atoms with E-state index < -0.39 is 24.0 Å². The van der Waals surface area contributed by atoms with Crippen molar-refractivity contribution in [2.45, 2.75) is 19.8 Å². The van der Waals surface area contributed by atoms with Crippen molar-refractivity contribution in [2.75, 3.05) is 7.11 Å². The molecule has 0 radical (unpaired) electrons. The summed E-state index contributed by atoms with van der Waals surface area (Å²) in [6.45, 7) is 1.37. The van der Waals surface area contributed by atoms with Gasteiger partial charge in [0, 0.05) is 0 Å². The molecule has 88 valence electrons. The van der Waals surface area contributed by atoms with Crippen molar-refractivity contribution in [2.24, 2.45) is 0 Å². The van der Waals surface area contributed by atoms with Crippen LogP contribution in [0.3, 0.4) is 0 Å². The number of halogens is 3. The maximum atomic E-state index is 12.9. The summed E-state index contributed by atoms with van der Waals surface area (Å²) in [6, 6.07) is 0.956. The van der Waals surface area contributed by atoms with Gasteiger partial charge in [0.2, 0.25) is 5.95 Å². The molecule has 1 heterocycles. The first-order valence-electron chi connectivity index (χ1n) is 4.46. The minimum Gasteiger partial charge on any atom is -0.469 e. The lowest BCUT2D eigenvalue weighted by molar-refractivity contribution is -0.139. The highest BCUT2D eigenvalue weighted by molar-refractivity contribution is 5.72. The van der Waals surface area contributed by atoms with E-state index in [1.54, 1.807) is 0 Å². The Kier molecular flexibility index (Phi) is 3.87. The SMILES string of the molecule is COC(=O)Cc1cc(F)nc(C(F)F)c1C. The molecule has 1 rings (SSSR count). The zero-order chi connectivity index (χ0) is 12.3. The molecule has 0 atom stereocenters. The van der Waals surface area contributed by atoms with Gasteiger partial charge in [-0.1, -0.05) is 0 Å². The molecule has 0 aromatic carbocycles. The second-order valence-corrected chi connectivity index (χ2v) is 3.17. The van der Waals surface area contributed by atoms with Gasteiger partial charge in [-0.2, -0.15) is 4.39 Å². The molecule has 0 aliphatic carbocycles. The third-order valence-electron chi connectivity index (χ3n) is 2.16. The lowest BCUT2D eigenvalue weighted by Gasteiger charge is -2.09. The second kappa shape index (κ2) is 4.96. The van der Waals surface area contributed by atoms with Crippen molar-refractivity contribution < 1.29 is 22.7 Å². The minimum atomic E-state index is -2.87. The number of pyridine rings is 1. The first-order chi connectivity index (χ1) is 7.45. The Balaban J connectivity index is 3.14. The fourth-order valence-corrected chi connectivity index (χ4v) is 1.27. The van der Waals surface area contributed by atoms with E-state index >= 15 is 0 Å². The largest absolute Gasteiger partial charge is 0.469 e. The quantitative estimate of drug-likeness (QED) is 0.593. The van der Waals surface area contributed by atoms with Gasteiger partial charge in [0.25, 0.3) is 6.43 Å². The number of aromatic nitrogens is 1. The van der Waals surface area contributed by atoms with Crippen LogP contribution < -0.4 is 0 Å². The summed E-state index contributed by atoms with van der Waals surface area (Å²) >= 11 is 0. The zero-order valence-corrected chi connectivity index (χ0v) is 8.76. The standard InChI is InChI=1S/C10H10F3NO2/c1-5-6(4-8(15)16-2)3-7(11)14-9(5)10(12)13/h3,10H,4H2,1-2H3. The fourth-order valence-electron chi connectivity index (χ4n) is 1.27. The molecule has 0 aliphatic rings. The zero-order valence-electron chi connectivity index (χ0n) is 8.76. The van der Waals surface area contributed by atoms with Crippen LogP contribution >= 0.6 is 0 Å². The van der Waals surface area contributed by atoms with Gasteiger partial charge in [0.15, 0.2) is 0 Å². The molecule has 1 aromatic rings. The monoisotopic (exact) mass is 233 g/mol. The first kappa shape index (κ1) is 12.5. The highest BCUT2D eigenvalue weighted by Crippen LogP contribution is 2.23. The van der Waals surface area contributed by atoms with Gasteiger partial charge in [-0.25, -0.2) is 13.8 Å². The number of carbonyl (C=O) groups is 1. The van der Waals surface area contributed by atoms with Crippen LogP contribution in [0.5, 0.6) is 0 Å². The van der Waals surface area contributed by atoms with E-state index in [1.807, 2.05) is 0 Å². The van der Waals surface area contributed by atoms with Crippen LogP contribution in [0.1, 0.15) is 23.2 Å². The molecular formula is C10H10F3NO2. The van der Waals surface area contributed by atoms with Crippen LogP contribution in [-0.2, 0) is 16.0 Å². The number of rotatable bonds is 3. The fraction of sp³-hybridized carbons (Fsp3) is 0.400. The molecule has 0 saturated carbocycles. The summed E-state index contributed by atoms with van der Waals surface area (Å²) in [6.07, 6.45) is -3.12. The highest BCUT2D eigenvalue weighted by Gasteiger charge is 2.18. The summed E-state index contributed by atoms with van der Waals surface area (Å²) in [5, 5.41) is 0. The number of carbonyl (C=O) groups excluding carboxylic acids is 1. The number of hydrogen-bond donors (Lipinski definition) is 0. The summed E-state index contributed by atoms with van der Waals surface area (Å²) in [5.41, 5.74) is -0.365. The summed E-state index contributed by atoms with van der Waals surface area (Å²) in [7, 11) is 1.17. The Bertz CT molecular complexity index is 407. The molecule has 0 amide bonds.